The highest BCUT2D eigenvalue weighted by molar-refractivity contribution is 8.01. The number of hydrogen-bond acceptors (Lipinski definition) is 9. The minimum Gasteiger partial charge on any atom is -0.497 e. The van der Waals surface area contributed by atoms with Crippen LogP contribution in [0.15, 0.2) is 28.6 Å². The summed E-state index contributed by atoms with van der Waals surface area (Å²) in [6.07, 6.45) is 0. The minimum absolute atomic E-state index is 0.115. The number of anilines is 2. The SMILES string of the molecule is CCOC(=O)c1c(C)[nH]c(C(=O)CSc2nnc(Nc3ccc(OC)cc3)s2)c1C. The highest BCUT2D eigenvalue weighted by Gasteiger charge is 2.23. The number of rotatable bonds is 9. The molecule has 0 aliphatic heterocycles. The summed E-state index contributed by atoms with van der Waals surface area (Å²) in [5.74, 6) is 0.415. The summed E-state index contributed by atoms with van der Waals surface area (Å²) in [5.41, 5.74) is 2.94. The molecular weight excluding hydrogens is 424 g/mol. The van der Waals surface area contributed by atoms with Crippen LogP contribution in [0, 0.1) is 13.8 Å². The van der Waals surface area contributed by atoms with Crippen LogP contribution in [0.3, 0.4) is 0 Å². The normalized spacial score (nSPS) is 10.7. The van der Waals surface area contributed by atoms with E-state index < -0.39 is 5.97 Å². The molecule has 8 nitrogen and oxygen atoms in total. The third-order valence-corrected chi connectivity index (χ3v) is 6.24. The number of Topliss-reactive ketones (excluding diaryl/α,β-unsaturated/α-hetero) is 1. The topological polar surface area (TPSA) is 106 Å². The Bertz CT molecular complexity index is 1040. The van der Waals surface area contributed by atoms with Gasteiger partial charge in [0.1, 0.15) is 5.75 Å². The quantitative estimate of drug-likeness (QED) is 0.283. The van der Waals surface area contributed by atoms with Crippen LogP contribution in [0.2, 0.25) is 0 Å². The van der Waals surface area contributed by atoms with Crippen molar-refractivity contribution in [2.45, 2.75) is 25.1 Å². The summed E-state index contributed by atoms with van der Waals surface area (Å²) in [6.45, 7) is 5.53. The van der Waals surface area contributed by atoms with Crippen LogP contribution in [-0.2, 0) is 4.74 Å². The number of ketones is 1. The summed E-state index contributed by atoms with van der Waals surface area (Å²) in [6, 6.07) is 7.47. The summed E-state index contributed by atoms with van der Waals surface area (Å²) in [7, 11) is 1.62. The molecule has 2 aromatic heterocycles. The molecule has 0 radical (unpaired) electrons. The highest BCUT2D eigenvalue weighted by atomic mass is 32.2. The predicted molar refractivity (Wildman–Crippen MR) is 117 cm³/mol. The molecule has 2 N–H and O–H groups in total. The fraction of sp³-hybridized carbons (Fsp3) is 0.300. The van der Waals surface area contributed by atoms with E-state index >= 15 is 0 Å². The predicted octanol–water partition coefficient (Wildman–Crippen LogP) is 4.39. The second-order valence-electron chi connectivity index (χ2n) is 6.28. The number of aryl methyl sites for hydroxylation is 1. The first-order valence-corrected chi connectivity index (χ1v) is 11.0. The molecule has 0 unspecified atom stereocenters. The molecule has 0 spiro atoms. The Hall–Kier alpha value is -2.85. The molecule has 3 aromatic rings. The van der Waals surface area contributed by atoms with E-state index in [1.54, 1.807) is 27.9 Å². The number of esters is 1. The maximum absolute atomic E-state index is 12.7. The zero-order valence-corrected chi connectivity index (χ0v) is 18.7. The van der Waals surface area contributed by atoms with Crippen molar-refractivity contribution in [1.29, 1.82) is 0 Å². The number of methoxy groups -OCH3 is 1. The number of carbonyl (C=O) groups is 2. The molecule has 1 aromatic carbocycles. The minimum atomic E-state index is -0.422. The summed E-state index contributed by atoms with van der Waals surface area (Å²) < 4.78 is 10.9. The lowest BCUT2D eigenvalue weighted by atomic mass is 10.1. The average molecular weight is 447 g/mol. The molecule has 0 fully saturated rings. The van der Waals surface area contributed by atoms with Gasteiger partial charge in [-0.05, 0) is 50.6 Å². The van der Waals surface area contributed by atoms with E-state index in [4.69, 9.17) is 9.47 Å². The van der Waals surface area contributed by atoms with E-state index in [1.165, 1.54) is 23.1 Å². The number of aromatic nitrogens is 3. The van der Waals surface area contributed by atoms with Gasteiger partial charge in [-0.25, -0.2) is 4.79 Å². The molecular formula is C20H22N4O4S2. The van der Waals surface area contributed by atoms with Crippen molar-refractivity contribution in [3.8, 4) is 5.75 Å². The van der Waals surface area contributed by atoms with Gasteiger partial charge in [0, 0.05) is 11.4 Å². The van der Waals surface area contributed by atoms with Crippen molar-refractivity contribution in [1.82, 2.24) is 15.2 Å². The summed E-state index contributed by atoms with van der Waals surface area (Å²) in [4.78, 5) is 27.8. The maximum atomic E-state index is 12.7. The molecule has 0 amide bonds. The van der Waals surface area contributed by atoms with Crippen molar-refractivity contribution in [3.05, 3.63) is 46.8 Å². The Labute approximate surface area is 182 Å². The number of ether oxygens (including phenoxy) is 2. The molecule has 2 heterocycles. The van der Waals surface area contributed by atoms with Crippen LogP contribution in [0.5, 0.6) is 5.75 Å². The first kappa shape index (κ1) is 21.8. The van der Waals surface area contributed by atoms with Crippen LogP contribution < -0.4 is 10.1 Å². The number of benzene rings is 1. The van der Waals surface area contributed by atoms with Gasteiger partial charge in [-0.2, -0.15) is 0 Å². The molecule has 0 aliphatic rings. The van der Waals surface area contributed by atoms with Crippen LogP contribution in [0.1, 0.15) is 39.0 Å². The largest absolute Gasteiger partial charge is 0.497 e. The van der Waals surface area contributed by atoms with Crippen LogP contribution >= 0.6 is 23.1 Å². The zero-order chi connectivity index (χ0) is 21.7. The number of thioether (sulfide) groups is 1. The van der Waals surface area contributed by atoms with Crippen molar-refractivity contribution in [2.24, 2.45) is 0 Å². The smallest absolute Gasteiger partial charge is 0.340 e. The van der Waals surface area contributed by atoms with Gasteiger partial charge in [-0.3, -0.25) is 4.79 Å². The van der Waals surface area contributed by atoms with Gasteiger partial charge in [0.05, 0.1) is 30.7 Å². The first-order valence-electron chi connectivity index (χ1n) is 9.19. The Morgan fingerprint density at radius 1 is 1.20 bits per heavy atom. The Kier molecular flexibility index (Phi) is 7.11. The molecule has 30 heavy (non-hydrogen) atoms. The van der Waals surface area contributed by atoms with E-state index in [1.807, 2.05) is 24.3 Å². The number of H-pyrrole nitrogens is 1. The number of aromatic amines is 1. The third kappa shape index (κ3) is 5.00. The van der Waals surface area contributed by atoms with E-state index in [0.29, 0.717) is 32.0 Å². The monoisotopic (exact) mass is 446 g/mol. The Morgan fingerprint density at radius 3 is 2.60 bits per heavy atom. The zero-order valence-electron chi connectivity index (χ0n) is 17.1. The lowest BCUT2D eigenvalue weighted by molar-refractivity contribution is 0.0525. The molecule has 0 atom stereocenters. The third-order valence-electron chi connectivity index (χ3n) is 4.27. The van der Waals surface area contributed by atoms with Gasteiger partial charge < -0.3 is 19.8 Å². The summed E-state index contributed by atoms with van der Waals surface area (Å²) >= 11 is 2.66. The van der Waals surface area contributed by atoms with Crippen LogP contribution in [0.4, 0.5) is 10.8 Å². The van der Waals surface area contributed by atoms with Crippen LogP contribution in [-0.4, -0.2) is 46.4 Å². The van der Waals surface area contributed by atoms with Gasteiger partial charge in [-0.15, -0.1) is 10.2 Å². The fourth-order valence-corrected chi connectivity index (χ4v) is 4.50. The molecule has 0 saturated carbocycles. The van der Waals surface area contributed by atoms with Gasteiger partial charge in [-0.1, -0.05) is 23.1 Å². The number of carbonyl (C=O) groups excluding carboxylic acids is 2. The molecule has 0 saturated heterocycles. The van der Waals surface area contributed by atoms with Gasteiger partial charge in [0.15, 0.2) is 10.1 Å². The number of nitrogens with zero attached hydrogens (tertiary/aromatic N) is 2. The van der Waals surface area contributed by atoms with Crippen LogP contribution in [0.25, 0.3) is 0 Å². The van der Waals surface area contributed by atoms with E-state index in [0.717, 1.165) is 11.4 Å². The summed E-state index contributed by atoms with van der Waals surface area (Å²) in [5, 5.41) is 12.0. The van der Waals surface area contributed by atoms with E-state index in [2.05, 4.69) is 20.5 Å². The maximum Gasteiger partial charge on any atom is 0.340 e. The van der Waals surface area contributed by atoms with Gasteiger partial charge >= 0.3 is 5.97 Å². The van der Waals surface area contributed by atoms with Crippen molar-refractivity contribution >= 4 is 45.7 Å². The lowest BCUT2D eigenvalue weighted by Crippen LogP contribution is -2.08. The number of nitrogens with one attached hydrogen (secondary N) is 2. The van der Waals surface area contributed by atoms with E-state index in [9.17, 15) is 9.59 Å². The molecule has 3 rings (SSSR count). The molecule has 0 bridgehead atoms. The van der Waals surface area contributed by atoms with Crippen molar-refractivity contribution in [3.63, 3.8) is 0 Å². The standard InChI is InChI=1S/C20H22N4O4S2/c1-5-28-18(26)16-11(2)17(21-12(16)3)15(25)10-29-20-24-23-19(30-20)22-13-6-8-14(27-4)9-7-13/h6-9,21H,5,10H2,1-4H3,(H,22,23). The first-order chi connectivity index (χ1) is 14.4. The average Bonchev–Trinajstić information content (AvgIpc) is 3.30. The van der Waals surface area contributed by atoms with Crippen molar-refractivity contribution in [2.75, 3.05) is 24.8 Å². The van der Waals surface area contributed by atoms with Gasteiger partial charge in [0.25, 0.3) is 0 Å². The second kappa shape index (κ2) is 9.77. The Balaban J connectivity index is 1.61. The fourth-order valence-electron chi connectivity index (χ4n) is 2.85. The number of hydrogen-bond donors (Lipinski definition) is 2. The van der Waals surface area contributed by atoms with Gasteiger partial charge in [0.2, 0.25) is 5.13 Å². The highest BCUT2D eigenvalue weighted by Crippen LogP contribution is 2.29. The Morgan fingerprint density at radius 2 is 1.93 bits per heavy atom. The second-order valence-corrected chi connectivity index (χ2v) is 8.48. The lowest BCUT2D eigenvalue weighted by Gasteiger charge is -2.03. The van der Waals surface area contributed by atoms with Crippen molar-refractivity contribution < 1.29 is 19.1 Å². The molecule has 158 valence electrons. The molecule has 10 heteroatoms. The molecule has 0 aliphatic carbocycles. The van der Waals surface area contributed by atoms with E-state index in [-0.39, 0.29) is 18.1 Å².